The third-order valence-electron chi connectivity index (χ3n) is 2.22. The molecule has 1 unspecified atom stereocenters. The minimum absolute atomic E-state index is 0.263. The largest absolute Gasteiger partial charge is 0.490 e. The van der Waals surface area contributed by atoms with E-state index in [-0.39, 0.29) is 6.61 Å². The Hall–Kier alpha value is -0.620. The van der Waals surface area contributed by atoms with Gasteiger partial charge >= 0.3 is 0 Å². The van der Waals surface area contributed by atoms with Crippen LogP contribution in [-0.2, 0) is 0 Å². The van der Waals surface area contributed by atoms with Crippen molar-refractivity contribution in [2.45, 2.75) is 13.0 Å². The highest BCUT2D eigenvalue weighted by molar-refractivity contribution is 9.10. The molecule has 17 heavy (non-hydrogen) atoms. The van der Waals surface area contributed by atoms with Crippen LogP contribution in [0.1, 0.15) is 5.56 Å². The number of ether oxygens (including phenoxy) is 1. The average Bonchev–Trinajstić information content (AvgIpc) is 2.28. The van der Waals surface area contributed by atoms with Crippen molar-refractivity contribution in [1.29, 1.82) is 0 Å². The molecule has 1 rings (SSSR count). The lowest BCUT2D eigenvalue weighted by molar-refractivity contribution is 0.106. The number of aryl methyl sites for hydroxylation is 1. The summed E-state index contributed by atoms with van der Waals surface area (Å²) in [6.07, 6.45) is -0.533. The molecule has 1 aromatic carbocycles. The summed E-state index contributed by atoms with van der Waals surface area (Å²) in [6, 6.07) is 5.84. The first-order chi connectivity index (χ1) is 8.13. The van der Waals surface area contributed by atoms with Gasteiger partial charge < -0.3 is 20.9 Å². The van der Waals surface area contributed by atoms with Crippen molar-refractivity contribution in [1.82, 2.24) is 5.32 Å². The normalized spacial score (nSPS) is 12.5. The van der Waals surface area contributed by atoms with E-state index in [9.17, 15) is 5.11 Å². The first kappa shape index (κ1) is 14.4. The maximum Gasteiger partial charge on any atom is 0.133 e. The van der Waals surface area contributed by atoms with Crippen LogP contribution < -0.4 is 15.8 Å². The van der Waals surface area contributed by atoms with Gasteiger partial charge in [-0.05, 0) is 40.5 Å². The van der Waals surface area contributed by atoms with Crippen LogP contribution in [0.4, 0.5) is 0 Å². The van der Waals surface area contributed by atoms with Crippen molar-refractivity contribution < 1.29 is 9.84 Å². The number of aliphatic hydroxyl groups is 1. The van der Waals surface area contributed by atoms with Crippen LogP contribution >= 0.6 is 15.9 Å². The Morgan fingerprint density at radius 3 is 2.94 bits per heavy atom. The molecule has 0 amide bonds. The minimum atomic E-state index is -0.533. The highest BCUT2D eigenvalue weighted by Gasteiger charge is 2.06. The van der Waals surface area contributed by atoms with E-state index in [0.29, 0.717) is 19.6 Å². The first-order valence-corrected chi connectivity index (χ1v) is 6.40. The molecule has 0 saturated heterocycles. The zero-order valence-corrected chi connectivity index (χ0v) is 11.5. The SMILES string of the molecule is Cc1ccc(OCC(O)CNCCN)c(Br)c1. The summed E-state index contributed by atoms with van der Waals surface area (Å²) in [5, 5.41) is 12.7. The Bertz CT molecular complexity index is 347. The lowest BCUT2D eigenvalue weighted by Gasteiger charge is -2.14. The second kappa shape index (κ2) is 7.66. The lowest BCUT2D eigenvalue weighted by Crippen LogP contribution is -2.34. The van der Waals surface area contributed by atoms with Gasteiger partial charge in [0.1, 0.15) is 18.5 Å². The smallest absolute Gasteiger partial charge is 0.133 e. The second-order valence-electron chi connectivity index (χ2n) is 3.89. The van der Waals surface area contributed by atoms with Gasteiger partial charge in [-0.1, -0.05) is 6.07 Å². The molecule has 0 saturated carbocycles. The van der Waals surface area contributed by atoms with Crippen molar-refractivity contribution in [3.63, 3.8) is 0 Å². The number of hydrogen-bond acceptors (Lipinski definition) is 4. The van der Waals surface area contributed by atoms with Crippen LogP contribution in [0, 0.1) is 6.92 Å². The Morgan fingerprint density at radius 2 is 2.29 bits per heavy atom. The van der Waals surface area contributed by atoms with E-state index in [1.54, 1.807) is 0 Å². The molecule has 5 heteroatoms. The topological polar surface area (TPSA) is 67.5 Å². The van der Waals surface area contributed by atoms with E-state index in [1.165, 1.54) is 0 Å². The molecule has 1 aromatic rings. The minimum Gasteiger partial charge on any atom is -0.490 e. The standard InChI is InChI=1S/C12H19BrN2O2/c1-9-2-3-12(11(13)6-9)17-8-10(16)7-15-5-4-14/h2-3,6,10,15-16H,4-5,7-8,14H2,1H3. The number of hydrogen-bond donors (Lipinski definition) is 3. The van der Waals surface area contributed by atoms with Gasteiger partial charge in [-0.25, -0.2) is 0 Å². The predicted octanol–water partition coefficient (Wildman–Crippen LogP) is 1.05. The van der Waals surface area contributed by atoms with E-state index in [4.69, 9.17) is 10.5 Å². The van der Waals surface area contributed by atoms with Crippen LogP contribution in [0.2, 0.25) is 0 Å². The average molecular weight is 303 g/mol. The van der Waals surface area contributed by atoms with Gasteiger partial charge in [0.05, 0.1) is 4.47 Å². The molecule has 4 nitrogen and oxygen atoms in total. The molecule has 0 fully saturated rings. The van der Waals surface area contributed by atoms with Gasteiger partial charge in [0.15, 0.2) is 0 Å². The number of benzene rings is 1. The zero-order valence-electron chi connectivity index (χ0n) is 9.95. The fraction of sp³-hybridized carbons (Fsp3) is 0.500. The summed E-state index contributed by atoms with van der Waals surface area (Å²) in [7, 11) is 0. The van der Waals surface area contributed by atoms with E-state index >= 15 is 0 Å². The van der Waals surface area contributed by atoms with Crippen molar-refractivity contribution in [2.24, 2.45) is 5.73 Å². The fourth-order valence-electron chi connectivity index (χ4n) is 1.34. The lowest BCUT2D eigenvalue weighted by atomic mass is 10.2. The molecule has 0 aliphatic rings. The Kier molecular flexibility index (Phi) is 6.50. The van der Waals surface area contributed by atoms with E-state index in [2.05, 4.69) is 21.2 Å². The van der Waals surface area contributed by atoms with E-state index in [1.807, 2.05) is 25.1 Å². The van der Waals surface area contributed by atoms with Crippen LogP contribution in [0.3, 0.4) is 0 Å². The highest BCUT2D eigenvalue weighted by Crippen LogP contribution is 2.25. The van der Waals surface area contributed by atoms with E-state index < -0.39 is 6.10 Å². The van der Waals surface area contributed by atoms with Crippen LogP contribution in [-0.4, -0.2) is 37.5 Å². The van der Waals surface area contributed by atoms with Crippen LogP contribution in [0.5, 0.6) is 5.75 Å². The molecule has 0 bridgehead atoms. The Balaban J connectivity index is 2.34. The molecule has 0 aliphatic heterocycles. The number of aliphatic hydroxyl groups excluding tert-OH is 1. The summed E-state index contributed by atoms with van der Waals surface area (Å²) < 4.78 is 6.42. The van der Waals surface area contributed by atoms with Crippen molar-refractivity contribution in [3.05, 3.63) is 28.2 Å². The van der Waals surface area contributed by atoms with Gasteiger partial charge in [-0.2, -0.15) is 0 Å². The van der Waals surface area contributed by atoms with Gasteiger partial charge in [0.25, 0.3) is 0 Å². The van der Waals surface area contributed by atoms with Crippen LogP contribution in [0.15, 0.2) is 22.7 Å². The number of halogens is 1. The third kappa shape index (κ3) is 5.50. The molecule has 0 radical (unpaired) electrons. The number of rotatable bonds is 7. The van der Waals surface area contributed by atoms with Gasteiger partial charge in [-0.15, -0.1) is 0 Å². The fourth-order valence-corrected chi connectivity index (χ4v) is 1.95. The molecule has 1 atom stereocenters. The van der Waals surface area contributed by atoms with Gasteiger partial charge in [-0.3, -0.25) is 0 Å². The van der Waals surface area contributed by atoms with Crippen molar-refractivity contribution in [2.75, 3.05) is 26.2 Å². The molecule has 0 aliphatic carbocycles. The summed E-state index contributed by atoms with van der Waals surface area (Å²) in [5.74, 6) is 0.744. The first-order valence-electron chi connectivity index (χ1n) is 5.61. The summed E-state index contributed by atoms with van der Waals surface area (Å²) >= 11 is 3.42. The van der Waals surface area contributed by atoms with Crippen molar-refractivity contribution in [3.8, 4) is 5.75 Å². The molecule has 0 aromatic heterocycles. The summed E-state index contributed by atoms with van der Waals surface area (Å²) in [6.45, 7) is 4.03. The molecular formula is C12H19BrN2O2. The second-order valence-corrected chi connectivity index (χ2v) is 4.75. The number of nitrogens with two attached hydrogens (primary N) is 1. The van der Waals surface area contributed by atoms with Gasteiger partial charge in [0.2, 0.25) is 0 Å². The molecule has 0 heterocycles. The molecule has 96 valence electrons. The quantitative estimate of drug-likeness (QED) is 0.659. The molecule has 0 spiro atoms. The Morgan fingerprint density at radius 1 is 1.53 bits per heavy atom. The maximum absolute atomic E-state index is 9.64. The third-order valence-corrected chi connectivity index (χ3v) is 2.84. The maximum atomic E-state index is 9.64. The monoisotopic (exact) mass is 302 g/mol. The summed E-state index contributed by atoms with van der Waals surface area (Å²) in [5.41, 5.74) is 6.49. The predicted molar refractivity (Wildman–Crippen MR) is 72.3 cm³/mol. The molecule has 4 N–H and O–H groups in total. The highest BCUT2D eigenvalue weighted by atomic mass is 79.9. The zero-order chi connectivity index (χ0) is 12.7. The van der Waals surface area contributed by atoms with Crippen molar-refractivity contribution >= 4 is 15.9 Å². The molecular weight excluding hydrogens is 284 g/mol. The van der Waals surface area contributed by atoms with Gasteiger partial charge in [0, 0.05) is 19.6 Å². The van der Waals surface area contributed by atoms with Crippen LogP contribution in [0.25, 0.3) is 0 Å². The summed E-state index contributed by atoms with van der Waals surface area (Å²) in [4.78, 5) is 0. The Labute approximate surface area is 110 Å². The number of nitrogens with one attached hydrogen (secondary N) is 1. The van der Waals surface area contributed by atoms with E-state index in [0.717, 1.165) is 15.8 Å².